The average molecular weight is 303 g/mol. The molecular weight excluding hydrogens is 287 g/mol. The van der Waals surface area contributed by atoms with E-state index in [-0.39, 0.29) is 5.82 Å². The van der Waals surface area contributed by atoms with Gasteiger partial charge in [0, 0.05) is 23.4 Å². The lowest BCUT2D eigenvalue weighted by atomic mass is 9.96. The molecule has 0 unspecified atom stereocenters. The van der Waals surface area contributed by atoms with Gasteiger partial charge in [-0.2, -0.15) is 0 Å². The van der Waals surface area contributed by atoms with Crippen LogP contribution in [0.3, 0.4) is 0 Å². The molecule has 1 aliphatic carbocycles. The van der Waals surface area contributed by atoms with Crippen LogP contribution < -0.4 is 0 Å². The SMILES string of the molecule is O=C1CC[C@@H](Cc2ccc(-c3cc(Cl)ccc3F)cc2)C1. The number of hydrogen-bond acceptors (Lipinski definition) is 1. The Hall–Kier alpha value is -1.67. The maximum absolute atomic E-state index is 13.8. The van der Waals surface area contributed by atoms with Gasteiger partial charge in [0.2, 0.25) is 0 Å². The Bertz CT molecular complexity index is 663. The standard InChI is InChI=1S/C18H16ClFO/c19-15-6-8-18(20)17(11-15)14-4-1-12(2-5-14)9-13-3-7-16(21)10-13/h1-2,4-6,8,11,13H,3,7,9-10H2/t13-/m0/s1. The fraction of sp³-hybridized carbons (Fsp3) is 0.278. The molecule has 1 atom stereocenters. The molecule has 0 bridgehead atoms. The summed E-state index contributed by atoms with van der Waals surface area (Å²) in [6.07, 6.45) is 3.33. The Morgan fingerprint density at radius 3 is 2.57 bits per heavy atom. The number of carbonyl (C=O) groups is 1. The monoisotopic (exact) mass is 302 g/mol. The van der Waals surface area contributed by atoms with Crippen molar-refractivity contribution in [2.75, 3.05) is 0 Å². The Kier molecular flexibility index (Phi) is 4.07. The van der Waals surface area contributed by atoms with Crippen LogP contribution in [0, 0.1) is 11.7 Å². The molecule has 2 aromatic carbocycles. The van der Waals surface area contributed by atoms with Gasteiger partial charge in [-0.15, -0.1) is 0 Å². The van der Waals surface area contributed by atoms with Crippen molar-refractivity contribution in [3.63, 3.8) is 0 Å². The summed E-state index contributed by atoms with van der Waals surface area (Å²) in [5.41, 5.74) is 2.53. The normalized spacial score (nSPS) is 18.2. The number of hydrogen-bond donors (Lipinski definition) is 0. The molecule has 108 valence electrons. The maximum Gasteiger partial charge on any atom is 0.133 e. The molecule has 0 saturated heterocycles. The van der Waals surface area contributed by atoms with Crippen LogP contribution in [0.25, 0.3) is 11.1 Å². The zero-order valence-corrected chi connectivity index (χ0v) is 12.4. The van der Waals surface area contributed by atoms with E-state index in [2.05, 4.69) is 0 Å². The summed E-state index contributed by atoms with van der Waals surface area (Å²) >= 11 is 5.93. The molecule has 1 nitrogen and oxygen atoms in total. The van der Waals surface area contributed by atoms with E-state index in [0.29, 0.717) is 28.7 Å². The van der Waals surface area contributed by atoms with Crippen LogP contribution in [0.15, 0.2) is 42.5 Å². The van der Waals surface area contributed by atoms with Gasteiger partial charge in [0.05, 0.1) is 0 Å². The Morgan fingerprint density at radius 1 is 1.14 bits per heavy atom. The van der Waals surface area contributed by atoms with Gasteiger partial charge in [-0.25, -0.2) is 4.39 Å². The lowest BCUT2D eigenvalue weighted by molar-refractivity contribution is -0.117. The van der Waals surface area contributed by atoms with E-state index in [4.69, 9.17) is 11.6 Å². The van der Waals surface area contributed by atoms with Gasteiger partial charge in [0.1, 0.15) is 11.6 Å². The van der Waals surface area contributed by atoms with Crippen molar-refractivity contribution >= 4 is 17.4 Å². The van der Waals surface area contributed by atoms with Crippen LogP contribution >= 0.6 is 11.6 Å². The minimum absolute atomic E-state index is 0.270. The van der Waals surface area contributed by atoms with Crippen LogP contribution in [0.4, 0.5) is 4.39 Å². The summed E-state index contributed by atoms with van der Waals surface area (Å²) in [7, 11) is 0. The third-order valence-electron chi connectivity index (χ3n) is 4.07. The van der Waals surface area contributed by atoms with Crippen LogP contribution in [0.5, 0.6) is 0 Å². The number of benzene rings is 2. The topological polar surface area (TPSA) is 17.1 Å². The van der Waals surface area contributed by atoms with Gasteiger partial charge in [-0.3, -0.25) is 4.79 Å². The molecule has 0 N–H and O–H groups in total. The first-order valence-electron chi connectivity index (χ1n) is 7.18. The van der Waals surface area contributed by atoms with Crippen LogP contribution in [-0.2, 0) is 11.2 Å². The third kappa shape index (κ3) is 3.33. The van der Waals surface area contributed by atoms with E-state index in [9.17, 15) is 9.18 Å². The molecule has 0 aromatic heterocycles. The van der Waals surface area contributed by atoms with E-state index in [1.54, 1.807) is 12.1 Å². The van der Waals surface area contributed by atoms with Crippen molar-refractivity contribution in [1.82, 2.24) is 0 Å². The van der Waals surface area contributed by atoms with E-state index in [1.165, 1.54) is 11.6 Å². The second-order valence-corrected chi connectivity index (χ2v) is 6.11. The highest BCUT2D eigenvalue weighted by Crippen LogP contribution is 2.29. The first-order valence-corrected chi connectivity index (χ1v) is 7.55. The fourth-order valence-corrected chi connectivity index (χ4v) is 3.11. The summed E-state index contributed by atoms with van der Waals surface area (Å²) in [5.74, 6) is 0.567. The first kappa shape index (κ1) is 14.3. The van der Waals surface area contributed by atoms with Gasteiger partial charge >= 0.3 is 0 Å². The molecule has 1 fully saturated rings. The predicted octanol–water partition coefficient (Wildman–Crippen LogP) is 5.06. The van der Waals surface area contributed by atoms with Crippen molar-refractivity contribution in [2.24, 2.45) is 5.92 Å². The molecule has 0 heterocycles. The number of rotatable bonds is 3. The second-order valence-electron chi connectivity index (χ2n) is 5.67. The van der Waals surface area contributed by atoms with E-state index >= 15 is 0 Å². The molecular formula is C18H16ClFO. The molecule has 0 aliphatic heterocycles. The van der Waals surface area contributed by atoms with E-state index in [0.717, 1.165) is 24.8 Å². The zero-order chi connectivity index (χ0) is 14.8. The Balaban J connectivity index is 1.77. The van der Waals surface area contributed by atoms with Gasteiger partial charge in [-0.05, 0) is 48.1 Å². The zero-order valence-electron chi connectivity index (χ0n) is 11.6. The smallest absolute Gasteiger partial charge is 0.133 e. The van der Waals surface area contributed by atoms with Crippen molar-refractivity contribution in [3.8, 4) is 11.1 Å². The molecule has 2 aromatic rings. The number of halogens is 2. The number of carbonyl (C=O) groups excluding carboxylic acids is 1. The lowest BCUT2D eigenvalue weighted by Crippen LogP contribution is -2.00. The molecule has 1 aliphatic rings. The number of Topliss-reactive ketones (excluding diaryl/α,β-unsaturated/α-hetero) is 1. The third-order valence-corrected chi connectivity index (χ3v) is 4.30. The molecule has 0 spiro atoms. The molecule has 3 rings (SSSR count). The van der Waals surface area contributed by atoms with Crippen LogP contribution in [-0.4, -0.2) is 5.78 Å². The molecule has 3 heteroatoms. The second kappa shape index (κ2) is 5.98. The van der Waals surface area contributed by atoms with Crippen molar-refractivity contribution in [3.05, 3.63) is 58.9 Å². The summed E-state index contributed by atoms with van der Waals surface area (Å²) in [5, 5.41) is 0.528. The minimum Gasteiger partial charge on any atom is -0.300 e. The quantitative estimate of drug-likeness (QED) is 0.774. The highest BCUT2D eigenvalue weighted by Gasteiger charge is 2.22. The Labute approximate surface area is 128 Å². The summed E-state index contributed by atoms with van der Waals surface area (Å²) < 4.78 is 13.8. The largest absolute Gasteiger partial charge is 0.300 e. The van der Waals surface area contributed by atoms with Gasteiger partial charge in [-0.1, -0.05) is 35.9 Å². The van der Waals surface area contributed by atoms with Gasteiger partial charge in [0.25, 0.3) is 0 Å². The summed E-state index contributed by atoms with van der Waals surface area (Å²) in [6.45, 7) is 0. The molecule has 0 amide bonds. The number of ketones is 1. The minimum atomic E-state index is -0.270. The fourth-order valence-electron chi connectivity index (χ4n) is 2.94. The maximum atomic E-state index is 13.8. The van der Waals surface area contributed by atoms with Crippen molar-refractivity contribution in [2.45, 2.75) is 25.7 Å². The lowest BCUT2D eigenvalue weighted by Gasteiger charge is -2.09. The van der Waals surface area contributed by atoms with Crippen LogP contribution in [0.2, 0.25) is 5.02 Å². The highest BCUT2D eigenvalue weighted by atomic mass is 35.5. The highest BCUT2D eigenvalue weighted by molar-refractivity contribution is 6.30. The average Bonchev–Trinajstić information content (AvgIpc) is 2.88. The van der Waals surface area contributed by atoms with Gasteiger partial charge < -0.3 is 0 Å². The van der Waals surface area contributed by atoms with Crippen molar-refractivity contribution in [1.29, 1.82) is 0 Å². The molecule has 21 heavy (non-hydrogen) atoms. The van der Waals surface area contributed by atoms with E-state index < -0.39 is 0 Å². The predicted molar refractivity (Wildman–Crippen MR) is 82.9 cm³/mol. The summed E-state index contributed by atoms with van der Waals surface area (Å²) in [6, 6.07) is 12.4. The molecule has 1 saturated carbocycles. The van der Waals surface area contributed by atoms with Crippen LogP contribution in [0.1, 0.15) is 24.8 Å². The summed E-state index contributed by atoms with van der Waals surface area (Å²) in [4.78, 5) is 11.3. The molecule has 0 radical (unpaired) electrons. The first-order chi connectivity index (χ1) is 10.1. The van der Waals surface area contributed by atoms with E-state index in [1.807, 2.05) is 24.3 Å². The van der Waals surface area contributed by atoms with Crippen molar-refractivity contribution < 1.29 is 9.18 Å². The van der Waals surface area contributed by atoms with Gasteiger partial charge in [0.15, 0.2) is 0 Å². The Morgan fingerprint density at radius 2 is 1.90 bits per heavy atom.